The van der Waals surface area contributed by atoms with Crippen molar-refractivity contribution < 1.29 is 23.0 Å². The van der Waals surface area contributed by atoms with E-state index < -0.39 is 26.0 Å². The predicted octanol–water partition coefficient (Wildman–Crippen LogP) is 7.18. The first-order valence-corrected chi connectivity index (χ1v) is 18.4. The van der Waals surface area contributed by atoms with Crippen molar-refractivity contribution in [1.82, 2.24) is 29.1 Å². The van der Waals surface area contributed by atoms with Crippen molar-refractivity contribution in [2.24, 2.45) is 7.05 Å². The molecule has 44 heavy (non-hydrogen) atoms. The van der Waals surface area contributed by atoms with Crippen molar-refractivity contribution in [3.63, 3.8) is 0 Å². The smallest absolute Gasteiger partial charge is 0.384 e. The van der Waals surface area contributed by atoms with Crippen LogP contribution in [-0.2, 0) is 24.7 Å². The molecule has 0 aliphatic heterocycles. The van der Waals surface area contributed by atoms with Crippen LogP contribution in [0.4, 0.5) is 13.2 Å². The Morgan fingerprint density at radius 1 is 1.05 bits per heavy atom. The van der Waals surface area contributed by atoms with Crippen molar-refractivity contribution in [3.05, 3.63) is 83.7 Å². The maximum atomic E-state index is 13.2. The summed E-state index contributed by atoms with van der Waals surface area (Å²) in [6.07, 6.45) is 2.96. The minimum Gasteiger partial charge on any atom is -0.384 e. The second-order valence-corrected chi connectivity index (χ2v) is 18.2. The molecule has 8 nitrogen and oxygen atoms in total. The highest BCUT2D eigenvalue weighted by atomic mass is 28.3. The maximum Gasteiger partial charge on any atom is 0.434 e. The average molecular weight is 621 g/mol. The zero-order valence-corrected chi connectivity index (χ0v) is 26.1. The van der Waals surface area contributed by atoms with Gasteiger partial charge in [-0.3, -0.25) is 4.98 Å². The van der Waals surface area contributed by atoms with Crippen molar-refractivity contribution in [3.8, 4) is 22.8 Å². The van der Waals surface area contributed by atoms with Crippen LogP contribution in [0.1, 0.15) is 47.4 Å². The molecule has 0 radical (unpaired) electrons. The fourth-order valence-electron chi connectivity index (χ4n) is 5.23. The van der Waals surface area contributed by atoms with E-state index in [2.05, 4.69) is 29.6 Å². The summed E-state index contributed by atoms with van der Waals surface area (Å²) in [5, 5.41) is 11.6. The Morgan fingerprint density at radius 2 is 1.80 bits per heavy atom. The Labute approximate surface area is 254 Å². The van der Waals surface area contributed by atoms with Crippen LogP contribution in [0.25, 0.3) is 33.8 Å². The third-order valence-electron chi connectivity index (χ3n) is 7.86. The number of nitrogens with zero attached hydrogens (tertiary/aromatic N) is 6. The van der Waals surface area contributed by atoms with Gasteiger partial charge in [-0.1, -0.05) is 43.9 Å². The van der Waals surface area contributed by atoms with Gasteiger partial charge in [0, 0.05) is 62.9 Å². The number of imidazole rings is 1. The molecule has 1 aliphatic rings. The summed E-state index contributed by atoms with van der Waals surface area (Å²) in [6.45, 7) is 7.82. The number of fused-ring (bicyclic) bond motifs is 1. The van der Waals surface area contributed by atoms with Crippen molar-refractivity contribution in [2.45, 2.75) is 63.5 Å². The molecular formula is C32H35F3N6O2Si. The Morgan fingerprint density at radius 3 is 2.45 bits per heavy atom. The Kier molecular flexibility index (Phi) is 7.93. The number of aliphatic hydroxyl groups is 1. The molecule has 6 rings (SSSR count). The summed E-state index contributed by atoms with van der Waals surface area (Å²) in [6, 6.07) is 11.6. The summed E-state index contributed by atoms with van der Waals surface area (Å²) < 4.78 is 48.9. The van der Waals surface area contributed by atoms with Crippen LogP contribution in [0.2, 0.25) is 25.7 Å². The van der Waals surface area contributed by atoms with E-state index in [1.54, 1.807) is 36.7 Å². The number of halogens is 3. The van der Waals surface area contributed by atoms with Gasteiger partial charge in [-0.05, 0) is 36.6 Å². The van der Waals surface area contributed by atoms with E-state index in [0.29, 0.717) is 40.6 Å². The maximum absolute atomic E-state index is 13.2. The van der Waals surface area contributed by atoms with E-state index in [4.69, 9.17) is 14.7 Å². The predicted molar refractivity (Wildman–Crippen MR) is 165 cm³/mol. The number of hydrogen-bond acceptors (Lipinski definition) is 6. The van der Waals surface area contributed by atoms with E-state index in [0.717, 1.165) is 41.9 Å². The minimum absolute atomic E-state index is 0.186. The van der Waals surface area contributed by atoms with Crippen LogP contribution in [-0.4, -0.2) is 48.9 Å². The number of aromatic nitrogens is 6. The first-order chi connectivity index (χ1) is 20.9. The van der Waals surface area contributed by atoms with E-state index in [1.165, 1.54) is 11.6 Å². The molecular weight excluding hydrogens is 585 g/mol. The molecule has 1 aromatic carbocycles. The summed E-state index contributed by atoms with van der Waals surface area (Å²) in [5.41, 5.74) is 3.91. The lowest BCUT2D eigenvalue weighted by molar-refractivity contribution is -0.140. The number of aliphatic hydroxyl groups excluding tert-OH is 1. The molecule has 0 saturated heterocycles. The number of aryl methyl sites for hydroxylation is 1. The third-order valence-corrected chi connectivity index (χ3v) is 9.57. The van der Waals surface area contributed by atoms with E-state index in [-0.39, 0.29) is 12.6 Å². The molecule has 230 valence electrons. The minimum atomic E-state index is -4.53. The highest BCUT2D eigenvalue weighted by Crippen LogP contribution is 2.43. The molecule has 4 heterocycles. The second kappa shape index (κ2) is 11.6. The largest absolute Gasteiger partial charge is 0.434 e. The Balaban J connectivity index is 1.35. The molecule has 1 atom stereocenters. The van der Waals surface area contributed by atoms with Gasteiger partial charge in [0.2, 0.25) is 0 Å². The summed E-state index contributed by atoms with van der Waals surface area (Å²) in [4.78, 5) is 18.0. The highest BCUT2D eigenvalue weighted by molar-refractivity contribution is 6.76. The van der Waals surface area contributed by atoms with E-state index in [1.807, 2.05) is 22.9 Å². The molecule has 12 heteroatoms. The number of hydrogen-bond donors (Lipinski definition) is 1. The van der Waals surface area contributed by atoms with Gasteiger partial charge in [0.25, 0.3) is 0 Å². The molecule has 0 amide bonds. The van der Waals surface area contributed by atoms with Gasteiger partial charge in [0.1, 0.15) is 18.7 Å². The van der Waals surface area contributed by atoms with E-state index >= 15 is 0 Å². The van der Waals surface area contributed by atoms with E-state index in [9.17, 15) is 18.3 Å². The van der Waals surface area contributed by atoms with Crippen LogP contribution in [0.3, 0.4) is 0 Å². The van der Waals surface area contributed by atoms with Gasteiger partial charge < -0.3 is 19.0 Å². The molecule has 4 aromatic heterocycles. The summed E-state index contributed by atoms with van der Waals surface area (Å²) >= 11 is 0. The number of rotatable bonds is 10. The van der Waals surface area contributed by atoms with Gasteiger partial charge >= 0.3 is 6.18 Å². The SMILES string of the molecule is Cn1cc(C(F)(F)F)nc1-c1ccc(C(O)c2cn(COCC[Si](C)(C)C)c3cnc(-c4cccnc4C4CC4)nc23)cc1. The fourth-order valence-corrected chi connectivity index (χ4v) is 5.99. The molecule has 1 unspecified atom stereocenters. The molecule has 0 spiro atoms. The van der Waals surface area contributed by atoms with Crippen LogP contribution in [0.5, 0.6) is 0 Å². The highest BCUT2D eigenvalue weighted by Gasteiger charge is 2.34. The lowest BCUT2D eigenvalue weighted by Gasteiger charge is -2.15. The first-order valence-electron chi connectivity index (χ1n) is 14.7. The molecule has 1 fully saturated rings. The van der Waals surface area contributed by atoms with Crippen molar-refractivity contribution in [1.29, 1.82) is 0 Å². The molecule has 5 aromatic rings. The van der Waals surface area contributed by atoms with Crippen molar-refractivity contribution in [2.75, 3.05) is 6.61 Å². The number of ether oxygens (including phenoxy) is 1. The molecule has 0 bridgehead atoms. The van der Waals surface area contributed by atoms with Crippen LogP contribution in [0, 0.1) is 0 Å². The lowest BCUT2D eigenvalue weighted by Crippen LogP contribution is -2.22. The zero-order chi connectivity index (χ0) is 31.2. The van der Waals surface area contributed by atoms with Crippen molar-refractivity contribution >= 4 is 19.1 Å². The zero-order valence-electron chi connectivity index (χ0n) is 25.1. The van der Waals surface area contributed by atoms with Gasteiger partial charge in [0.15, 0.2) is 11.5 Å². The monoisotopic (exact) mass is 620 g/mol. The standard InChI is InChI=1S/C32H35F3N6O2Si/c1-40-18-26(32(33,34)35)38-31(40)22-11-9-21(10-12-22)29(42)24-17-41(19-43-14-15-44(2,3)4)25-16-37-30(39-28(24)25)23-6-5-13-36-27(23)20-7-8-20/h5-6,9-13,16-18,20,29,42H,7-8,14-15,19H2,1-4H3. The van der Waals surface area contributed by atoms with Gasteiger partial charge in [-0.15, -0.1) is 0 Å². The third kappa shape index (κ3) is 6.33. The lowest BCUT2D eigenvalue weighted by atomic mass is 10.0. The van der Waals surface area contributed by atoms with Crippen LogP contribution < -0.4 is 0 Å². The second-order valence-electron chi connectivity index (χ2n) is 12.6. The normalized spacial score (nSPS) is 14.8. The average Bonchev–Trinajstić information content (AvgIpc) is 3.66. The summed E-state index contributed by atoms with van der Waals surface area (Å²) in [7, 11) is 0.255. The molecule has 1 saturated carbocycles. The Bertz CT molecular complexity index is 1790. The number of benzene rings is 1. The number of alkyl halides is 3. The topological polar surface area (TPSA) is 90.9 Å². The van der Waals surface area contributed by atoms with Crippen LogP contribution >= 0.6 is 0 Å². The first kappa shape index (κ1) is 30.2. The molecule has 1 aliphatic carbocycles. The van der Waals surface area contributed by atoms with Gasteiger partial charge in [0.05, 0.1) is 22.9 Å². The summed E-state index contributed by atoms with van der Waals surface area (Å²) in [5.74, 6) is 1.14. The fraction of sp³-hybridized carbons (Fsp3) is 0.375. The Hall–Kier alpha value is -3.87. The van der Waals surface area contributed by atoms with Gasteiger partial charge in [-0.2, -0.15) is 13.2 Å². The number of pyridine rings is 1. The van der Waals surface area contributed by atoms with Crippen LogP contribution in [0.15, 0.2) is 61.2 Å². The molecule has 1 N–H and O–H groups in total. The van der Waals surface area contributed by atoms with Gasteiger partial charge in [-0.25, -0.2) is 15.0 Å². The quantitative estimate of drug-likeness (QED) is 0.131.